The van der Waals surface area contributed by atoms with Crippen LogP contribution < -0.4 is 9.47 Å². The van der Waals surface area contributed by atoms with Crippen molar-refractivity contribution in [2.75, 3.05) is 0 Å². The van der Waals surface area contributed by atoms with Crippen LogP contribution in [0.5, 0.6) is 11.5 Å². The number of benzene rings is 2. The second kappa shape index (κ2) is 8.70. The molecule has 0 aromatic heterocycles. The summed E-state index contributed by atoms with van der Waals surface area (Å²) >= 11 is 0. The standard InChI is InChI=1S/C22H26O3/c1-17(23)11-12-18-13-14-19(16-24-20-7-3-2-4-8-20)22(15-18)25-21-9-5-6-10-21/h2-4,7-8,13-15,21H,5-6,9-12,16H2,1H3. The van der Waals surface area contributed by atoms with Crippen LogP contribution in [-0.4, -0.2) is 11.9 Å². The van der Waals surface area contributed by atoms with Gasteiger partial charge >= 0.3 is 0 Å². The minimum absolute atomic E-state index is 0.217. The van der Waals surface area contributed by atoms with Gasteiger partial charge in [-0.3, -0.25) is 0 Å². The number of ether oxygens (including phenoxy) is 2. The highest BCUT2D eigenvalue weighted by atomic mass is 16.5. The van der Waals surface area contributed by atoms with E-state index in [9.17, 15) is 4.79 Å². The van der Waals surface area contributed by atoms with Crippen LogP contribution >= 0.6 is 0 Å². The molecule has 3 heteroatoms. The van der Waals surface area contributed by atoms with E-state index in [4.69, 9.17) is 9.47 Å². The molecule has 1 aliphatic carbocycles. The van der Waals surface area contributed by atoms with E-state index in [-0.39, 0.29) is 5.78 Å². The molecule has 1 aliphatic rings. The van der Waals surface area contributed by atoms with Crippen molar-refractivity contribution in [3.05, 3.63) is 59.7 Å². The average molecular weight is 338 g/mol. The van der Waals surface area contributed by atoms with Crippen molar-refractivity contribution in [3.63, 3.8) is 0 Å². The number of ketones is 1. The lowest BCUT2D eigenvalue weighted by atomic mass is 10.0. The van der Waals surface area contributed by atoms with Gasteiger partial charge in [-0.05, 0) is 62.8 Å². The molecule has 0 heterocycles. The molecule has 0 amide bonds. The molecule has 0 radical (unpaired) electrons. The van der Waals surface area contributed by atoms with Gasteiger partial charge in [0.2, 0.25) is 0 Å². The molecule has 0 spiro atoms. The van der Waals surface area contributed by atoms with E-state index in [1.54, 1.807) is 6.92 Å². The lowest BCUT2D eigenvalue weighted by Gasteiger charge is -2.18. The minimum atomic E-state index is 0.217. The van der Waals surface area contributed by atoms with Gasteiger partial charge in [0.05, 0.1) is 6.10 Å². The molecule has 0 N–H and O–H groups in total. The Hall–Kier alpha value is -2.29. The molecule has 3 rings (SSSR count). The molecule has 0 unspecified atom stereocenters. The second-order valence-corrected chi connectivity index (χ2v) is 6.77. The Bertz CT molecular complexity index is 688. The Kier molecular flexibility index (Phi) is 6.10. The number of aryl methyl sites for hydroxylation is 1. The molecule has 0 bridgehead atoms. The van der Waals surface area contributed by atoms with E-state index in [0.29, 0.717) is 19.1 Å². The number of hydrogen-bond acceptors (Lipinski definition) is 3. The number of hydrogen-bond donors (Lipinski definition) is 0. The third-order valence-electron chi connectivity index (χ3n) is 4.63. The number of Topliss-reactive ketones (excluding diaryl/α,β-unsaturated/α-hetero) is 1. The largest absolute Gasteiger partial charge is 0.490 e. The predicted octanol–water partition coefficient (Wildman–Crippen LogP) is 5.11. The maximum atomic E-state index is 11.3. The van der Waals surface area contributed by atoms with E-state index >= 15 is 0 Å². The van der Waals surface area contributed by atoms with E-state index in [1.165, 1.54) is 12.8 Å². The van der Waals surface area contributed by atoms with Gasteiger partial charge in [-0.1, -0.05) is 30.3 Å². The fourth-order valence-electron chi connectivity index (χ4n) is 3.17. The first kappa shape index (κ1) is 17.5. The molecular formula is C22H26O3. The average Bonchev–Trinajstić information content (AvgIpc) is 3.13. The minimum Gasteiger partial charge on any atom is -0.490 e. The van der Waals surface area contributed by atoms with Crippen LogP contribution in [0.3, 0.4) is 0 Å². The maximum absolute atomic E-state index is 11.3. The van der Waals surface area contributed by atoms with Crippen molar-refractivity contribution < 1.29 is 14.3 Å². The van der Waals surface area contributed by atoms with Gasteiger partial charge in [-0.2, -0.15) is 0 Å². The van der Waals surface area contributed by atoms with Crippen molar-refractivity contribution in [2.45, 2.75) is 58.2 Å². The number of rotatable bonds is 8. The van der Waals surface area contributed by atoms with Gasteiger partial charge in [0.1, 0.15) is 23.9 Å². The Morgan fingerprint density at radius 1 is 1.08 bits per heavy atom. The van der Waals surface area contributed by atoms with Crippen LogP contribution in [0.4, 0.5) is 0 Å². The molecule has 0 saturated heterocycles. The molecule has 1 saturated carbocycles. The van der Waals surface area contributed by atoms with Crippen LogP contribution in [0.1, 0.15) is 50.2 Å². The topological polar surface area (TPSA) is 35.5 Å². The summed E-state index contributed by atoms with van der Waals surface area (Å²) in [5, 5.41) is 0. The van der Waals surface area contributed by atoms with E-state index < -0.39 is 0 Å². The first-order chi connectivity index (χ1) is 12.2. The normalized spacial score (nSPS) is 14.4. The lowest BCUT2D eigenvalue weighted by molar-refractivity contribution is -0.116. The predicted molar refractivity (Wildman–Crippen MR) is 99.1 cm³/mol. The second-order valence-electron chi connectivity index (χ2n) is 6.77. The van der Waals surface area contributed by atoms with E-state index in [2.05, 4.69) is 18.2 Å². The summed E-state index contributed by atoms with van der Waals surface area (Å²) < 4.78 is 12.2. The van der Waals surface area contributed by atoms with E-state index in [1.807, 2.05) is 30.3 Å². The SMILES string of the molecule is CC(=O)CCc1ccc(COc2ccccc2)c(OC2CCCC2)c1. The van der Waals surface area contributed by atoms with Gasteiger partial charge in [0, 0.05) is 12.0 Å². The van der Waals surface area contributed by atoms with Crippen molar-refractivity contribution in [2.24, 2.45) is 0 Å². The van der Waals surface area contributed by atoms with Crippen molar-refractivity contribution in [3.8, 4) is 11.5 Å². The molecule has 0 aliphatic heterocycles. The van der Waals surface area contributed by atoms with E-state index in [0.717, 1.165) is 41.9 Å². The van der Waals surface area contributed by atoms with Gasteiger partial charge in [0.25, 0.3) is 0 Å². The van der Waals surface area contributed by atoms with Crippen LogP contribution in [-0.2, 0) is 17.8 Å². The molecular weight excluding hydrogens is 312 g/mol. The summed E-state index contributed by atoms with van der Waals surface area (Å²) in [4.78, 5) is 11.3. The summed E-state index contributed by atoms with van der Waals surface area (Å²) in [6, 6.07) is 16.1. The Balaban J connectivity index is 1.73. The third-order valence-corrected chi connectivity index (χ3v) is 4.63. The zero-order chi connectivity index (χ0) is 17.5. The van der Waals surface area contributed by atoms with Crippen LogP contribution in [0.25, 0.3) is 0 Å². The Morgan fingerprint density at radius 3 is 2.56 bits per heavy atom. The summed E-state index contributed by atoms with van der Waals surface area (Å²) in [5.41, 5.74) is 2.20. The smallest absolute Gasteiger partial charge is 0.130 e. The van der Waals surface area contributed by atoms with Gasteiger partial charge in [-0.25, -0.2) is 0 Å². The molecule has 25 heavy (non-hydrogen) atoms. The maximum Gasteiger partial charge on any atom is 0.130 e. The monoisotopic (exact) mass is 338 g/mol. The molecule has 1 fully saturated rings. The van der Waals surface area contributed by atoms with Gasteiger partial charge < -0.3 is 14.3 Å². The van der Waals surface area contributed by atoms with Gasteiger partial charge in [0.15, 0.2) is 0 Å². The third kappa shape index (κ3) is 5.35. The highest BCUT2D eigenvalue weighted by Gasteiger charge is 2.18. The lowest BCUT2D eigenvalue weighted by Crippen LogP contribution is -2.13. The zero-order valence-corrected chi connectivity index (χ0v) is 14.9. The highest BCUT2D eigenvalue weighted by Crippen LogP contribution is 2.29. The molecule has 2 aromatic carbocycles. The number of carbonyl (C=O) groups is 1. The van der Waals surface area contributed by atoms with Gasteiger partial charge in [-0.15, -0.1) is 0 Å². The van der Waals surface area contributed by atoms with Crippen LogP contribution in [0.15, 0.2) is 48.5 Å². The number of carbonyl (C=O) groups excluding carboxylic acids is 1. The van der Waals surface area contributed by atoms with Crippen molar-refractivity contribution in [1.82, 2.24) is 0 Å². The highest BCUT2D eigenvalue weighted by molar-refractivity contribution is 5.75. The molecule has 2 aromatic rings. The Morgan fingerprint density at radius 2 is 1.84 bits per heavy atom. The van der Waals surface area contributed by atoms with Crippen LogP contribution in [0.2, 0.25) is 0 Å². The quantitative estimate of drug-likeness (QED) is 0.671. The molecule has 0 atom stereocenters. The number of para-hydroxylation sites is 1. The first-order valence-corrected chi connectivity index (χ1v) is 9.16. The fourth-order valence-corrected chi connectivity index (χ4v) is 3.17. The molecule has 3 nitrogen and oxygen atoms in total. The zero-order valence-electron chi connectivity index (χ0n) is 14.9. The van der Waals surface area contributed by atoms with Crippen molar-refractivity contribution >= 4 is 5.78 Å². The summed E-state index contributed by atoms with van der Waals surface area (Å²) in [7, 11) is 0. The Labute approximate surface area is 150 Å². The van der Waals surface area contributed by atoms with Crippen LogP contribution in [0, 0.1) is 0 Å². The molecule has 132 valence electrons. The summed E-state index contributed by atoms with van der Waals surface area (Å²) in [5.74, 6) is 1.98. The fraction of sp³-hybridized carbons (Fsp3) is 0.409. The summed E-state index contributed by atoms with van der Waals surface area (Å²) in [6.45, 7) is 2.12. The summed E-state index contributed by atoms with van der Waals surface area (Å²) in [6.07, 6.45) is 6.36. The van der Waals surface area contributed by atoms with Crippen molar-refractivity contribution in [1.29, 1.82) is 0 Å². The first-order valence-electron chi connectivity index (χ1n) is 9.16.